The Balaban J connectivity index is 1.80. The first-order valence-corrected chi connectivity index (χ1v) is 8.48. The van der Waals surface area contributed by atoms with Gasteiger partial charge in [0.2, 0.25) is 0 Å². The van der Waals surface area contributed by atoms with E-state index in [1.807, 2.05) is 6.08 Å². The van der Waals surface area contributed by atoms with Gasteiger partial charge >= 0.3 is 0 Å². The average Bonchev–Trinajstić information content (AvgIpc) is 2.54. The van der Waals surface area contributed by atoms with Crippen molar-refractivity contribution >= 4 is 0 Å². The molecule has 1 aromatic carbocycles. The van der Waals surface area contributed by atoms with Gasteiger partial charge in [0.1, 0.15) is 11.6 Å². The summed E-state index contributed by atoms with van der Waals surface area (Å²) in [5.41, 5.74) is 0.765. The van der Waals surface area contributed by atoms with Crippen molar-refractivity contribution in [3.05, 3.63) is 59.7 Å². The molecule has 2 aliphatic carbocycles. The summed E-state index contributed by atoms with van der Waals surface area (Å²) < 4.78 is 27.1. The highest BCUT2D eigenvalue weighted by molar-refractivity contribution is 5.32. The summed E-state index contributed by atoms with van der Waals surface area (Å²) in [5, 5.41) is 0. The Bertz CT molecular complexity index is 545. The summed E-state index contributed by atoms with van der Waals surface area (Å²) >= 11 is 0. The van der Waals surface area contributed by atoms with Gasteiger partial charge in [-0.2, -0.15) is 0 Å². The molecule has 0 heterocycles. The Kier molecular flexibility index (Phi) is 4.75. The van der Waals surface area contributed by atoms with Crippen LogP contribution in [0, 0.1) is 29.4 Å². The second-order valence-electron chi connectivity index (χ2n) is 6.76. The Labute approximate surface area is 131 Å². The summed E-state index contributed by atoms with van der Waals surface area (Å²) in [6.07, 6.45) is 14.7. The van der Waals surface area contributed by atoms with Crippen LogP contribution in [0.2, 0.25) is 0 Å². The van der Waals surface area contributed by atoms with Crippen molar-refractivity contribution in [2.75, 3.05) is 0 Å². The van der Waals surface area contributed by atoms with Crippen LogP contribution in [0.15, 0.2) is 42.5 Å². The number of allylic oxidation sites excluding steroid dienone is 4. The fourth-order valence-corrected chi connectivity index (χ4v) is 4.16. The van der Waals surface area contributed by atoms with E-state index in [0.29, 0.717) is 11.8 Å². The summed E-state index contributed by atoms with van der Waals surface area (Å²) in [7, 11) is 0. The Morgan fingerprint density at radius 3 is 2.18 bits per heavy atom. The van der Waals surface area contributed by atoms with Crippen LogP contribution >= 0.6 is 0 Å². The fourth-order valence-electron chi connectivity index (χ4n) is 4.16. The zero-order chi connectivity index (χ0) is 15.5. The Morgan fingerprint density at radius 1 is 0.909 bits per heavy atom. The molecule has 0 aromatic heterocycles. The minimum Gasteiger partial charge on any atom is -0.207 e. The van der Waals surface area contributed by atoms with E-state index in [0.717, 1.165) is 17.5 Å². The highest BCUT2D eigenvalue weighted by atomic mass is 19.1. The van der Waals surface area contributed by atoms with E-state index < -0.39 is 11.6 Å². The van der Waals surface area contributed by atoms with E-state index in [4.69, 9.17) is 0 Å². The van der Waals surface area contributed by atoms with Gasteiger partial charge in [-0.15, -0.1) is 0 Å². The molecular weight excluding hydrogens is 278 g/mol. The smallest absolute Gasteiger partial charge is 0.126 e. The summed E-state index contributed by atoms with van der Waals surface area (Å²) in [6, 6.07) is 3.93. The molecule has 1 aromatic rings. The van der Waals surface area contributed by atoms with Crippen molar-refractivity contribution in [3.63, 3.8) is 0 Å². The van der Waals surface area contributed by atoms with Gasteiger partial charge in [0.05, 0.1) is 0 Å². The quantitative estimate of drug-likeness (QED) is 0.641. The zero-order valence-electron chi connectivity index (χ0n) is 13.1. The zero-order valence-corrected chi connectivity index (χ0v) is 13.1. The van der Waals surface area contributed by atoms with Crippen molar-refractivity contribution in [2.24, 2.45) is 17.8 Å². The predicted molar refractivity (Wildman–Crippen MR) is 86.6 cm³/mol. The van der Waals surface area contributed by atoms with Gasteiger partial charge in [0, 0.05) is 12.0 Å². The van der Waals surface area contributed by atoms with Crippen LogP contribution in [0.3, 0.4) is 0 Å². The standard InChI is InChI=1S/C20H24F2/c1-2-14-7-9-15(10-8-14)19-5-3-4-6-20(19)16-11-17(21)13-18(22)12-16/h3-6,11-15,19-20H,2,7-10H2,1H3. The van der Waals surface area contributed by atoms with Crippen molar-refractivity contribution < 1.29 is 8.78 Å². The lowest BCUT2D eigenvalue weighted by Crippen LogP contribution is -2.25. The molecule has 2 atom stereocenters. The van der Waals surface area contributed by atoms with Gasteiger partial charge < -0.3 is 0 Å². The lowest BCUT2D eigenvalue weighted by molar-refractivity contribution is 0.215. The molecule has 2 heteroatoms. The molecule has 0 amide bonds. The largest absolute Gasteiger partial charge is 0.207 e. The lowest BCUT2D eigenvalue weighted by atomic mass is 9.68. The van der Waals surface area contributed by atoms with E-state index in [-0.39, 0.29) is 5.92 Å². The summed E-state index contributed by atoms with van der Waals surface area (Å²) in [5.74, 6) is 0.991. The first-order valence-electron chi connectivity index (χ1n) is 8.48. The lowest BCUT2D eigenvalue weighted by Gasteiger charge is -2.36. The molecule has 2 aliphatic rings. The third-order valence-electron chi connectivity index (χ3n) is 5.46. The van der Waals surface area contributed by atoms with Gasteiger partial charge in [0.15, 0.2) is 0 Å². The first-order chi connectivity index (χ1) is 10.7. The fraction of sp³-hybridized carbons (Fsp3) is 0.500. The van der Waals surface area contributed by atoms with Crippen molar-refractivity contribution in [1.29, 1.82) is 0 Å². The normalized spacial score (nSPS) is 31.4. The van der Waals surface area contributed by atoms with Crippen LogP contribution in [0.5, 0.6) is 0 Å². The van der Waals surface area contributed by atoms with Crippen LogP contribution < -0.4 is 0 Å². The van der Waals surface area contributed by atoms with Gasteiger partial charge in [-0.3, -0.25) is 0 Å². The van der Waals surface area contributed by atoms with Crippen LogP contribution in [-0.2, 0) is 0 Å². The third-order valence-corrected chi connectivity index (χ3v) is 5.46. The molecule has 3 rings (SSSR count). The number of hydrogen-bond donors (Lipinski definition) is 0. The topological polar surface area (TPSA) is 0 Å². The summed E-state index contributed by atoms with van der Waals surface area (Å²) in [4.78, 5) is 0. The highest BCUT2D eigenvalue weighted by Crippen LogP contribution is 2.43. The molecule has 118 valence electrons. The van der Waals surface area contributed by atoms with Gasteiger partial charge in [-0.1, -0.05) is 50.5 Å². The Morgan fingerprint density at radius 2 is 1.55 bits per heavy atom. The number of hydrogen-bond acceptors (Lipinski definition) is 0. The van der Waals surface area contributed by atoms with E-state index >= 15 is 0 Å². The van der Waals surface area contributed by atoms with Gasteiger partial charge in [0.25, 0.3) is 0 Å². The minimum absolute atomic E-state index is 0.0957. The Hall–Kier alpha value is -1.44. The molecule has 0 bridgehead atoms. The van der Waals surface area contributed by atoms with Crippen molar-refractivity contribution in [2.45, 2.75) is 44.9 Å². The highest BCUT2D eigenvalue weighted by Gasteiger charge is 2.31. The molecule has 2 unspecified atom stereocenters. The molecule has 0 nitrogen and oxygen atoms in total. The monoisotopic (exact) mass is 302 g/mol. The SMILES string of the molecule is CCC1CCC(C2C=CC=CC2c2cc(F)cc(F)c2)CC1. The molecule has 0 spiro atoms. The van der Waals surface area contributed by atoms with E-state index in [1.165, 1.54) is 44.2 Å². The van der Waals surface area contributed by atoms with E-state index in [9.17, 15) is 8.78 Å². The minimum atomic E-state index is -0.480. The number of benzene rings is 1. The van der Waals surface area contributed by atoms with Crippen LogP contribution in [0.4, 0.5) is 8.78 Å². The van der Waals surface area contributed by atoms with E-state index in [2.05, 4.69) is 25.2 Å². The maximum atomic E-state index is 13.6. The molecule has 0 aliphatic heterocycles. The van der Waals surface area contributed by atoms with Crippen LogP contribution in [0.25, 0.3) is 0 Å². The maximum Gasteiger partial charge on any atom is 0.126 e. The molecule has 0 radical (unpaired) electrons. The molecule has 22 heavy (non-hydrogen) atoms. The number of halogens is 2. The molecule has 0 N–H and O–H groups in total. The van der Waals surface area contributed by atoms with Crippen LogP contribution in [-0.4, -0.2) is 0 Å². The molecule has 1 fully saturated rings. The average molecular weight is 302 g/mol. The molecule has 0 saturated heterocycles. The summed E-state index contributed by atoms with van der Waals surface area (Å²) in [6.45, 7) is 2.27. The van der Waals surface area contributed by atoms with Crippen molar-refractivity contribution in [1.82, 2.24) is 0 Å². The molecule has 1 saturated carbocycles. The second-order valence-corrected chi connectivity index (χ2v) is 6.76. The first kappa shape index (κ1) is 15.5. The van der Waals surface area contributed by atoms with Gasteiger partial charge in [-0.05, 0) is 48.3 Å². The van der Waals surface area contributed by atoms with Gasteiger partial charge in [-0.25, -0.2) is 8.78 Å². The van der Waals surface area contributed by atoms with E-state index in [1.54, 1.807) is 0 Å². The van der Waals surface area contributed by atoms with Crippen molar-refractivity contribution in [3.8, 4) is 0 Å². The maximum absolute atomic E-state index is 13.6. The molecular formula is C20H24F2. The number of rotatable bonds is 3. The van der Waals surface area contributed by atoms with Crippen LogP contribution in [0.1, 0.15) is 50.5 Å². The second kappa shape index (κ2) is 6.76. The third kappa shape index (κ3) is 3.31. The predicted octanol–water partition coefficient (Wildman–Crippen LogP) is 6.01.